The van der Waals surface area contributed by atoms with Crippen molar-refractivity contribution in [1.29, 1.82) is 0 Å². The van der Waals surface area contributed by atoms with Gasteiger partial charge in [0.15, 0.2) is 5.78 Å². The molecule has 0 amide bonds. The summed E-state index contributed by atoms with van der Waals surface area (Å²) in [6, 6.07) is 11.9. The van der Waals surface area contributed by atoms with Crippen LogP contribution >= 0.6 is 0 Å². The van der Waals surface area contributed by atoms with E-state index in [1.807, 2.05) is 18.2 Å². The van der Waals surface area contributed by atoms with E-state index < -0.39 is 0 Å². The van der Waals surface area contributed by atoms with Crippen LogP contribution in [0.3, 0.4) is 0 Å². The molecule has 0 aliphatic carbocycles. The van der Waals surface area contributed by atoms with Gasteiger partial charge in [-0.3, -0.25) is 4.79 Å². The highest BCUT2D eigenvalue weighted by Crippen LogP contribution is 2.31. The molecule has 0 bridgehead atoms. The average molecular weight is 254 g/mol. The second-order valence-corrected chi connectivity index (χ2v) is 4.77. The quantitative estimate of drug-likeness (QED) is 0.768. The van der Waals surface area contributed by atoms with Gasteiger partial charge >= 0.3 is 0 Å². The molecule has 2 heteroatoms. The van der Waals surface area contributed by atoms with Gasteiger partial charge in [0.05, 0.1) is 7.11 Å². The lowest BCUT2D eigenvalue weighted by Crippen LogP contribution is -1.96. The lowest BCUT2D eigenvalue weighted by atomic mass is 9.94. The molecule has 0 aromatic heterocycles. The van der Waals surface area contributed by atoms with Crippen molar-refractivity contribution in [2.45, 2.75) is 20.8 Å². The van der Waals surface area contributed by atoms with Gasteiger partial charge in [-0.15, -0.1) is 0 Å². The summed E-state index contributed by atoms with van der Waals surface area (Å²) >= 11 is 0. The molecule has 0 saturated carbocycles. The molecule has 0 heterocycles. The van der Waals surface area contributed by atoms with Crippen molar-refractivity contribution in [3.05, 3.63) is 53.1 Å². The molecule has 0 aliphatic heterocycles. The van der Waals surface area contributed by atoms with E-state index in [0.29, 0.717) is 11.3 Å². The number of carbonyl (C=O) groups is 1. The summed E-state index contributed by atoms with van der Waals surface area (Å²) in [5.41, 5.74) is 5.27. The van der Waals surface area contributed by atoms with Crippen molar-refractivity contribution in [2.24, 2.45) is 0 Å². The lowest BCUT2D eigenvalue weighted by Gasteiger charge is -2.12. The van der Waals surface area contributed by atoms with Gasteiger partial charge in [-0.25, -0.2) is 0 Å². The molecule has 2 nitrogen and oxygen atoms in total. The van der Waals surface area contributed by atoms with Gasteiger partial charge in [-0.05, 0) is 61.2 Å². The molecule has 0 saturated heterocycles. The average Bonchev–Trinajstić information content (AvgIpc) is 2.38. The van der Waals surface area contributed by atoms with Gasteiger partial charge in [0.25, 0.3) is 0 Å². The molecule has 2 aromatic rings. The number of hydrogen-bond donors (Lipinski definition) is 0. The Kier molecular flexibility index (Phi) is 3.70. The summed E-state index contributed by atoms with van der Waals surface area (Å²) in [6.45, 7) is 5.73. The maximum atomic E-state index is 11.6. The summed E-state index contributed by atoms with van der Waals surface area (Å²) in [5, 5.41) is 0. The molecule has 0 atom stereocenters. The smallest absolute Gasteiger partial charge is 0.159 e. The fourth-order valence-electron chi connectivity index (χ4n) is 2.33. The number of hydrogen-bond acceptors (Lipinski definition) is 2. The van der Waals surface area contributed by atoms with Crippen LogP contribution in [0.1, 0.15) is 28.4 Å². The zero-order valence-electron chi connectivity index (χ0n) is 11.8. The first-order valence-electron chi connectivity index (χ1n) is 6.29. The minimum Gasteiger partial charge on any atom is -0.497 e. The summed E-state index contributed by atoms with van der Waals surface area (Å²) in [5.74, 6) is 0.761. The second kappa shape index (κ2) is 5.27. The molecule has 2 aromatic carbocycles. The summed E-state index contributed by atoms with van der Waals surface area (Å²) in [4.78, 5) is 11.6. The van der Waals surface area contributed by atoms with Crippen LogP contribution in [-0.2, 0) is 0 Å². The van der Waals surface area contributed by atoms with E-state index >= 15 is 0 Å². The molecule has 0 aliphatic rings. The largest absolute Gasteiger partial charge is 0.497 e. The van der Waals surface area contributed by atoms with Crippen molar-refractivity contribution < 1.29 is 9.53 Å². The highest BCUT2D eigenvalue weighted by molar-refractivity contribution is 5.96. The zero-order chi connectivity index (χ0) is 14.0. The van der Waals surface area contributed by atoms with E-state index in [1.54, 1.807) is 20.1 Å². The third-order valence-electron chi connectivity index (χ3n) is 3.32. The molecule has 98 valence electrons. The molecule has 0 fully saturated rings. The van der Waals surface area contributed by atoms with Crippen LogP contribution in [0.25, 0.3) is 11.1 Å². The molecule has 0 N–H and O–H groups in total. The Morgan fingerprint density at radius 1 is 1.05 bits per heavy atom. The van der Waals surface area contributed by atoms with Crippen LogP contribution in [0.15, 0.2) is 36.4 Å². The van der Waals surface area contributed by atoms with Crippen molar-refractivity contribution >= 4 is 5.78 Å². The summed E-state index contributed by atoms with van der Waals surface area (Å²) in [7, 11) is 1.62. The van der Waals surface area contributed by atoms with Crippen LogP contribution < -0.4 is 4.74 Å². The molecule has 2 rings (SSSR count). The van der Waals surface area contributed by atoms with E-state index in [4.69, 9.17) is 4.74 Å². The number of rotatable bonds is 3. The Balaban J connectivity index is 2.68. The van der Waals surface area contributed by atoms with Gasteiger partial charge in [0, 0.05) is 5.56 Å². The van der Waals surface area contributed by atoms with Gasteiger partial charge in [-0.2, -0.15) is 0 Å². The first kappa shape index (κ1) is 13.3. The SMILES string of the molecule is COc1cc(C(C)=O)cc(-c2c(C)cccc2C)c1. The lowest BCUT2D eigenvalue weighted by molar-refractivity contribution is 0.101. The van der Waals surface area contributed by atoms with Crippen molar-refractivity contribution in [1.82, 2.24) is 0 Å². The van der Waals surface area contributed by atoms with Gasteiger partial charge < -0.3 is 4.74 Å². The van der Waals surface area contributed by atoms with Gasteiger partial charge in [0.1, 0.15) is 5.75 Å². The standard InChI is InChI=1S/C17H18O2/c1-11-6-5-7-12(2)17(11)15-8-14(13(3)18)9-16(10-15)19-4/h5-10H,1-4H3. The van der Waals surface area contributed by atoms with Crippen LogP contribution in [0.4, 0.5) is 0 Å². The molecular weight excluding hydrogens is 236 g/mol. The molecule has 0 radical (unpaired) electrons. The van der Waals surface area contributed by atoms with Crippen LogP contribution in [0, 0.1) is 13.8 Å². The van der Waals surface area contributed by atoms with E-state index in [2.05, 4.69) is 26.0 Å². The minimum absolute atomic E-state index is 0.0476. The monoisotopic (exact) mass is 254 g/mol. The third kappa shape index (κ3) is 2.68. The number of benzene rings is 2. The highest BCUT2D eigenvalue weighted by atomic mass is 16.5. The zero-order valence-corrected chi connectivity index (χ0v) is 11.8. The summed E-state index contributed by atoms with van der Waals surface area (Å²) < 4.78 is 5.29. The number of ketones is 1. The first-order valence-corrected chi connectivity index (χ1v) is 6.29. The minimum atomic E-state index is 0.0476. The van der Waals surface area contributed by atoms with E-state index in [9.17, 15) is 4.79 Å². The Morgan fingerprint density at radius 2 is 1.68 bits per heavy atom. The van der Waals surface area contributed by atoms with Gasteiger partial charge in [0.2, 0.25) is 0 Å². The predicted octanol–water partition coefficient (Wildman–Crippen LogP) is 4.18. The molecule has 0 unspecified atom stereocenters. The van der Waals surface area contributed by atoms with Gasteiger partial charge in [-0.1, -0.05) is 18.2 Å². The van der Waals surface area contributed by atoms with Crippen LogP contribution in [0.5, 0.6) is 5.75 Å². The fourth-order valence-corrected chi connectivity index (χ4v) is 2.33. The number of carbonyl (C=O) groups excluding carboxylic acids is 1. The molecule has 0 spiro atoms. The highest BCUT2D eigenvalue weighted by Gasteiger charge is 2.10. The number of Topliss-reactive ketones (excluding diaryl/α,β-unsaturated/α-hetero) is 1. The Labute approximate surface area is 114 Å². The van der Waals surface area contributed by atoms with Crippen LogP contribution in [-0.4, -0.2) is 12.9 Å². The van der Waals surface area contributed by atoms with Crippen molar-refractivity contribution in [2.75, 3.05) is 7.11 Å². The number of methoxy groups -OCH3 is 1. The van der Waals surface area contributed by atoms with Crippen LogP contribution in [0.2, 0.25) is 0 Å². The fraction of sp³-hybridized carbons (Fsp3) is 0.235. The maximum absolute atomic E-state index is 11.6. The van der Waals surface area contributed by atoms with E-state index in [-0.39, 0.29) is 5.78 Å². The Hall–Kier alpha value is -2.09. The number of ether oxygens (including phenoxy) is 1. The second-order valence-electron chi connectivity index (χ2n) is 4.77. The molecule has 19 heavy (non-hydrogen) atoms. The first-order chi connectivity index (χ1) is 9.02. The summed E-state index contributed by atoms with van der Waals surface area (Å²) in [6.07, 6.45) is 0. The van der Waals surface area contributed by atoms with Crippen molar-refractivity contribution in [3.63, 3.8) is 0 Å². The normalized spacial score (nSPS) is 10.3. The Bertz CT molecular complexity index is 607. The van der Waals surface area contributed by atoms with E-state index in [1.165, 1.54) is 16.7 Å². The van der Waals surface area contributed by atoms with Crippen molar-refractivity contribution in [3.8, 4) is 16.9 Å². The third-order valence-corrected chi connectivity index (χ3v) is 3.32. The Morgan fingerprint density at radius 3 is 2.21 bits per heavy atom. The topological polar surface area (TPSA) is 26.3 Å². The number of aryl methyl sites for hydroxylation is 2. The van der Waals surface area contributed by atoms with E-state index in [0.717, 1.165) is 5.56 Å². The predicted molar refractivity (Wildman–Crippen MR) is 77.9 cm³/mol. The molecular formula is C17H18O2. The maximum Gasteiger partial charge on any atom is 0.159 e.